The SMILES string of the molecule is CN(C)c1cccc(CNC[C@@H](O)[C@H](Cc2ccccc2)NC(=O)CC2CC(=O)N(Cc3ccccc3)C2)c1. The van der Waals surface area contributed by atoms with E-state index in [1.54, 1.807) is 0 Å². The van der Waals surface area contributed by atoms with Crippen LogP contribution in [0.5, 0.6) is 0 Å². The summed E-state index contributed by atoms with van der Waals surface area (Å²) >= 11 is 0. The number of rotatable bonds is 13. The van der Waals surface area contributed by atoms with E-state index in [9.17, 15) is 14.7 Å². The van der Waals surface area contributed by atoms with E-state index in [1.807, 2.05) is 85.7 Å². The average Bonchev–Trinajstić information content (AvgIpc) is 3.27. The number of carbonyl (C=O) groups excluding carboxylic acids is 2. The summed E-state index contributed by atoms with van der Waals surface area (Å²) in [5, 5.41) is 17.5. The highest BCUT2D eigenvalue weighted by Gasteiger charge is 2.32. The molecule has 3 atom stereocenters. The van der Waals surface area contributed by atoms with Crippen LogP contribution in [0.1, 0.15) is 29.5 Å². The predicted molar refractivity (Wildman–Crippen MR) is 155 cm³/mol. The lowest BCUT2D eigenvalue weighted by Gasteiger charge is -2.25. The largest absolute Gasteiger partial charge is 0.390 e. The molecule has 7 heteroatoms. The van der Waals surface area contributed by atoms with E-state index in [0.717, 1.165) is 22.4 Å². The first-order valence-electron chi connectivity index (χ1n) is 13.7. The third-order valence-electron chi connectivity index (χ3n) is 7.20. The molecule has 3 aromatic rings. The van der Waals surface area contributed by atoms with Gasteiger partial charge in [-0.3, -0.25) is 9.59 Å². The van der Waals surface area contributed by atoms with Crippen LogP contribution < -0.4 is 15.5 Å². The number of nitrogens with zero attached hydrogens (tertiary/aromatic N) is 2. The fourth-order valence-corrected chi connectivity index (χ4v) is 5.08. The first-order chi connectivity index (χ1) is 18.9. The molecule has 0 bridgehead atoms. The summed E-state index contributed by atoms with van der Waals surface area (Å²) in [6, 6.07) is 27.6. The number of benzene rings is 3. The van der Waals surface area contributed by atoms with Gasteiger partial charge in [0.05, 0.1) is 12.1 Å². The molecule has 1 aliphatic rings. The van der Waals surface area contributed by atoms with Crippen molar-refractivity contribution >= 4 is 17.5 Å². The van der Waals surface area contributed by atoms with Crippen LogP contribution >= 0.6 is 0 Å². The summed E-state index contributed by atoms with van der Waals surface area (Å²) < 4.78 is 0. The van der Waals surface area contributed by atoms with E-state index in [4.69, 9.17) is 0 Å². The van der Waals surface area contributed by atoms with Crippen molar-refractivity contribution in [3.05, 3.63) is 102 Å². The Morgan fingerprint density at radius 3 is 2.33 bits per heavy atom. The summed E-state index contributed by atoms with van der Waals surface area (Å²) in [5.41, 5.74) is 4.38. The maximum Gasteiger partial charge on any atom is 0.223 e. The van der Waals surface area contributed by atoms with Crippen molar-refractivity contribution in [3.8, 4) is 0 Å². The highest BCUT2D eigenvalue weighted by molar-refractivity contribution is 5.81. The van der Waals surface area contributed by atoms with Gasteiger partial charge in [-0.15, -0.1) is 0 Å². The van der Waals surface area contributed by atoms with Crippen molar-refractivity contribution in [2.45, 2.75) is 44.5 Å². The molecule has 0 aromatic heterocycles. The Morgan fingerprint density at radius 2 is 1.64 bits per heavy atom. The number of carbonyl (C=O) groups is 2. The van der Waals surface area contributed by atoms with Gasteiger partial charge in [-0.1, -0.05) is 72.8 Å². The molecule has 4 rings (SSSR count). The zero-order chi connectivity index (χ0) is 27.6. The molecule has 3 aromatic carbocycles. The van der Waals surface area contributed by atoms with Crippen LogP contribution in [0.25, 0.3) is 0 Å². The first-order valence-corrected chi connectivity index (χ1v) is 13.7. The molecule has 1 saturated heterocycles. The van der Waals surface area contributed by atoms with Crippen molar-refractivity contribution in [2.75, 3.05) is 32.1 Å². The zero-order valence-corrected chi connectivity index (χ0v) is 22.9. The van der Waals surface area contributed by atoms with Gasteiger partial charge in [0, 0.05) is 58.8 Å². The monoisotopic (exact) mass is 528 g/mol. The minimum atomic E-state index is -0.772. The lowest BCUT2D eigenvalue weighted by Crippen LogP contribution is -2.49. The molecule has 0 aliphatic carbocycles. The Hall–Kier alpha value is -3.68. The van der Waals surface area contributed by atoms with Crippen LogP contribution in [-0.2, 0) is 29.1 Å². The maximum atomic E-state index is 13.1. The molecule has 2 amide bonds. The number of likely N-dealkylation sites (tertiary alicyclic amines) is 1. The maximum absolute atomic E-state index is 13.1. The highest BCUT2D eigenvalue weighted by Crippen LogP contribution is 2.23. The summed E-state index contributed by atoms with van der Waals surface area (Å²) in [4.78, 5) is 29.6. The summed E-state index contributed by atoms with van der Waals surface area (Å²) in [6.45, 7) is 2.10. The molecule has 0 radical (unpaired) electrons. The number of amides is 2. The quantitative estimate of drug-likeness (QED) is 0.317. The molecule has 7 nitrogen and oxygen atoms in total. The third-order valence-corrected chi connectivity index (χ3v) is 7.20. The molecule has 3 N–H and O–H groups in total. The molecule has 0 saturated carbocycles. The molecule has 1 fully saturated rings. The lowest BCUT2D eigenvalue weighted by molar-refractivity contribution is -0.128. The van der Waals surface area contributed by atoms with Crippen molar-refractivity contribution in [1.29, 1.82) is 0 Å². The molecular weight excluding hydrogens is 488 g/mol. The second-order valence-corrected chi connectivity index (χ2v) is 10.7. The van der Waals surface area contributed by atoms with Gasteiger partial charge >= 0.3 is 0 Å². The van der Waals surface area contributed by atoms with Crippen LogP contribution in [0.4, 0.5) is 5.69 Å². The Balaban J connectivity index is 1.32. The van der Waals surface area contributed by atoms with E-state index < -0.39 is 12.1 Å². The summed E-state index contributed by atoms with van der Waals surface area (Å²) in [7, 11) is 4.02. The average molecular weight is 529 g/mol. The van der Waals surface area contributed by atoms with Crippen molar-refractivity contribution in [1.82, 2.24) is 15.5 Å². The van der Waals surface area contributed by atoms with Gasteiger partial charge < -0.3 is 25.5 Å². The molecule has 1 heterocycles. The van der Waals surface area contributed by atoms with Gasteiger partial charge in [0.15, 0.2) is 0 Å². The first kappa shape index (κ1) is 28.3. The van der Waals surface area contributed by atoms with E-state index >= 15 is 0 Å². The van der Waals surface area contributed by atoms with Gasteiger partial charge in [-0.2, -0.15) is 0 Å². The zero-order valence-electron chi connectivity index (χ0n) is 22.9. The highest BCUT2D eigenvalue weighted by atomic mass is 16.3. The van der Waals surface area contributed by atoms with Gasteiger partial charge in [0.2, 0.25) is 11.8 Å². The van der Waals surface area contributed by atoms with Crippen molar-refractivity contribution in [3.63, 3.8) is 0 Å². The van der Waals surface area contributed by atoms with E-state index in [2.05, 4.69) is 33.7 Å². The minimum absolute atomic E-state index is 0.0298. The summed E-state index contributed by atoms with van der Waals surface area (Å²) in [5.74, 6) is -0.0779. The van der Waals surface area contributed by atoms with E-state index in [0.29, 0.717) is 39.0 Å². The van der Waals surface area contributed by atoms with E-state index in [-0.39, 0.29) is 24.2 Å². The van der Waals surface area contributed by atoms with Crippen LogP contribution in [-0.4, -0.2) is 61.2 Å². The topological polar surface area (TPSA) is 84.9 Å². The smallest absolute Gasteiger partial charge is 0.223 e. The van der Waals surface area contributed by atoms with Gasteiger partial charge in [-0.25, -0.2) is 0 Å². The second kappa shape index (κ2) is 13.9. The number of hydrogen-bond acceptors (Lipinski definition) is 5. The fraction of sp³-hybridized carbons (Fsp3) is 0.375. The molecule has 39 heavy (non-hydrogen) atoms. The number of nitrogens with one attached hydrogen (secondary N) is 2. The fourth-order valence-electron chi connectivity index (χ4n) is 5.08. The second-order valence-electron chi connectivity index (χ2n) is 10.7. The molecular formula is C32H40N4O3. The number of anilines is 1. The van der Waals surface area contributed by atoms with Gasteiger partial charge in [0.1, 0.15) is 0 Å². The van der Waals surface area contributed by atoms with Crippen molar-refractivity contribution < 1.29 is 14.7 Å². The third kappa shape index (κ3) is 8.67. The van der Waals surface area contributed by atoms with Crippen molar-refractivity contribution in [2.24, 2.45) is 5.92 Å². The molecule has 1 unspecified atom stereocenters. The molecule has 206 valence electrons. The standard InChI is InChI=1S/C32H40N4O3/c1-35(2)28-15-9-14-26(16-28)20-33-21-30(37)29(17-24-10-5-3-6-11-24)34-31(38)18-27-19-32(39)36(23-27)22-25-12-7-4-8-13-25/h3-16,27,29-30,33,37H,17-23H2,1-2H3,(H,34,38)/t27?,29-,30+/m0/s1. The Kier molecular flexibility index (Phi) is 10.1. The normalized spacial score (nSPS) is 16.6. The van der Waals surface area contributed by atoms with Crippen LogP contribution in [0, 0.1) is 5.92 Å². The number of hydrogen-bond donors (Lipinski definition) is 3. The molecule has 0 spiro atoms. The van der Waals surface area contributed by atoms with Crippen LogP contribution in [0.2, 0.25) is 0 Å². The number of aliphatic hydroxyl groups excluding tert-OH is 1. The van der Waals surface area contributed by atoms with Gasteiger partial charge in [-0.05, 0) is 41.2 Å². The van der Waals surface area contributed by atoms with Gasteiger partial charge in [0.25, 0.3) is 0 Å². The predicted octanol–water partition coefficient (Wildman–Crippen LogP) is 3.37. The van der Waals surface area contributed by atoms with E-state index in [1.165, 1.54) is 0 Å². The Labute approximate surface area is 231 Å². The molecule has 1 aliphatic heterocycles. The lowest BCUT2D eigenvalue weighted by atomic mass is 9.99. The Morgan fingerprint density at radius 1 is 0.974 bits per heavy atom. The Bertz CT molecular complexity index is 1200. The summed E-state index contributed by atoms with van der Waals surface area (Å²) in [6.07, 6.45) is 0.389. The van der Waals surface area contributed by atoms with Crippen LogP contribution in [0.15, 0.2) is 84.9 Å². The number of aliphatic hydroxyl groups is 1. The van der Waals surface area contributed by atoms with Crippen LogP contribution in [0.3, 0.4) is 0 Å². The minimum Gasteiger partial charge on any atom is -0.390 e.